The summed E-state index contributed by atoms with van der Waals surface area (Å²) in [6.07, 6.45) is 1.68. The first kappa shape index (κ1) is 22.1. The maximum atomic E-state index is 13.8. The summed E-state index contributed by atoms with van der Waals surface area (Å²) >= 11 is 0. The lowest BCUT2D eigenvalue weighted by molar-refractivity contribution is 0.0993. The van der Waals surface area contributed by atoms with Crippen LogP contribution in [0.25, 0.3) is 10.9 Å². The summed E-state index contributed by atoms with van der Waals surface area (Å²) in [4.78, 5) is 19.2. The highest BCUT2D eigenvalue weighted by Crippen LogP contribution is 2.28. The molecule has 0 aliphatic rings. The van der Waals surface area contributed by atoms with Crippen LogP contribution < -0.4 is 15.5 Å². The lowest BCUT2D eigenvalue weighted by atomic mass is 10.1. The molecule has 2 N–H and O–H groups in total. The smallest absolute Gasteiger partial charge is 0.258 e. The van der Waals surface area contributed by atoms with E-state index in [-0.39, 0.29) is 11.7 Å². The van der Waals surface area contributed by atoms with E-state index in [0.29, 0.717) is 16.5 Å². The van der Waals surface area contributed by atoms with E-state index in [0.717, 1.165) is 28.4 Å². The van der Waals surface area contributed by atoms with Crippen LogP contribution in [0.1, 0.15) is 10.4 Å². The molecule has 0 saturated carbocycles. The number of nitrogens with zero attached hydrogens (tertiary/aromatic N) is 2. The Labute approximate surface area is 202 Å². The number of benzene rings is 4. The molecule has 0 unspecified atom stereocenters. The van der Waals surface area contributed by atoms with Crippen LogP contribution in [0.5, 0.6) is 0 Å². The Hall–Kier alpha value is -4.71. The third-order valence-electron chi connectivity index (χ3n) is 5.69. The van der Waals surface area contributed by atoms with E-state index in [1.165, 1.54) is 12.1 Å². The van der Waals surface area contributed by atoms with Gasteiger partial charge < -0.3 is 15.5 Å². The summed E-state index contributed by atoms with van der Waals surface area (Å²) in [5.41, 5.74) is 5.30. The molecule has 0 aliphatic heterocycles. The highest BCUT2D eigenvalue weighted by Gasteiger charge is 2.15. The second-order valence-corrected chi connectivity index (χ2v) is 8.13. The van der Waals surface area contributed by atoms with E-state index >= 15 is 0 Å². The van der Waals surface area contributed by atoms with E-state index in [1.807, 2.05) is 72.8 Å². The van der Waals surface area contributed by atoms with Crippen molar-refractivity contribution in [2.75, 3.05) is 22.6 Å². The van der Waals surface area contributed by atoms with Gasteiger partial charge in [-0.25, -0.2) is 4.39 Å². The third kappa shape index (κ3) is 4.96. The molecule has 35 heavy (non-hydrogen) atoms. The Bertz CT molecular complexity index is 1500. The molecule has 0 spiro atoms. The number of nitrogens with one attached hydrogen (secondary N) is 2. The fourth-order valence-electron chi connectivity index (χ4n) is 3.90. The standard InChI is InChI=1S/C29H23FN4O/c1-34(29(35)20-7-5-10-23(17-20)32-22-8-3-2-4-9-22)25-12-6-11-24(19-25)33-28-15-16-31-27-14-13-21(30)18-26(27)28/h2-19,32H,1H3,(H,31,33). The van der Waals surface area contributed by atoms with Crippen LogP contribution in [-0.4, -0.2) is 17.9 Å². The van der Waals surface area contributed by atoms with Crippen molar-refractivity contribution in [1.29, 1.82) is 0 Å². The van der Waals surface area contributed by atoms with Gasteiger partial charge in [-0.1, -0.05) is 30.3 Å². The van der Waals surface area contributed by atoms with E-state index in [2.05, 4.69) is 15.6 Å². The van der Waals surface area contributed by atoms with Gasteiger partial charge in [0, 0.05) is 52.6 Å². The summed E-state index contributed by atoms with van der Waals surface area (Å²) in [6, 6.07) is 31.1. The van der Waals surface area contributed by atoms with Gasteiger partial charge in [-0.3, -0.25) is 9.78 Å². The Balaban J connectivity index is 1.37. The van der Waals surface area contributed by atoms with Gasteiger partial charge in [0.1, 0.15) is 5.82 Å². The van der Waals surface area contributed by atoms with E-state index in [9.17, 15) is 9.18 Å². The fourth-order valence-corrected chi connectivity index (χ4v) is 3.90. The number of anilines is 5. The van der Waals surface area contributed by atoms with Crippen molar-refractivity contribution >= 4 is 45.2 Å². The van der Waals surface area contributed by atoms with Crippen molar-refractivity contribution < 1.29 is 9.18 Å². The Morgan fingerprint density at radius 2 is 1.51 bits per heavy atom. The van der Waals surface area contributed by atoms with Crippen molar-refractivity contribution in [3.05, 3.63) is 121 Å². The first-order chi connectivity index (χ1) is 17.1. The number of hydrogen-bond acceptors (Lipinski definition) is 4. The molecule has 0 fully saturated rings. The van der Waals surface area contributed by atoms with Crippen LogP contribution in [0.4, 0.5) is 32.8 Å². The maximum absolute atomic E-state index is 13.8. The molecule has 0 atom stereocenters. The predicted octanol–water partition coefficient (Wildman–Crippen LogP) is 7.14. The van der Waals surface area contributed by atoms with E-state index in [1.54, 1.807) is 36.3 Å². The van der Waals surface area contributed by atoms with Crippen molar-refractivity contribution in [2.45, 2.75) is 0 Å². The van der Waals surface area contributed by atoms with Gasteiger partial charge in [-0.05, 0) is 72.8 Å². The minimum atomic E-state index is -0.323. The van der Waals surface area contributed by atoms with Gasteiger partial charge in [0.25, 0.3) is 5.91 Å². The molecule has 0 saturated heterocycles. The van der Waals surface area contributed by atoms with Gasteiger partial charge in [0.15, 0.2) is 0 Å². The molecule has 1 heterocycles. The molecule has 1 amide bonds. The van der Waals surface area contributed by atoms with Crippen molar-refractivity contribution in [3.8, 4) is 0 Å². The summed E-state index contributed by atoms with van der Waals surface area (Å²) in [5.74, 6) is -0.452. The highest BCUT2D eigenvalue weighted by atomic mass is 19.1. The van der Waals surface area contributed by atoms with Crippen molar-refractivity contribution in [3.63, 3.8) is 0 Å². The average molecular weight is 463 g/mol. The number of rotatable bonds is 6. The predicted molar refractivity (Wildman–Crippen MR) is 140 cm³/mol. The number of aromatic nitrogens is 1. The molecule has 172 valence electrons. The number of halogens is 1. The molecule has 5 nitrogen and oxygen atoms in total. The Morgan fingerprint density at radius 1 is 0.771 bits per heavy atom. The van der Waals surface area contributed by atoms with Gasteiger partial charge in [-0.2, -0.15) is 0 Å². The quantitative estimate of drug-likeness (QED) is 0.282. The third-order valence-corrected chi connectivity index (χ3v) is 5.69. The molecule has 5 rings (SSSR count). The number of carbonyl (C=O) groups excluding carboxylic acids is 1. The molecular formula is C29H23FN4O. The summed E-state index contributed by atoms with van der Waals surface area (Å²) < 4.78 is 13.8. The molecule has 5 aromatic rings. The zero-order valence-corrected chi connectivity index (χ0v) is 19.1. The fraction of sp³-hybridized carbons (Fsp3) is 0.0345. The molecular weight excluding hydrogens is 439 g/mol. The first-order valence-corrected chi connectivity index (χ1v) is 11.2. The van der Waals surface area contributed by atoms with Crippen LogP contribution in [0.15, 0.2) is 109 Å². The summed E-state index contributed by atoms with van der Waals surface area (Å²) in [6.45, 7) is 0. The van der Waals surface area contributed by atoms with Crippen molar-refractivity contribution in [1.82, 2.24) is 4.98 Å². The van der Waals surface area contributed by atoms with Crippen LogP contribution in [0.2, 0.25) is 0 Å². The van der Waals surface area contributed by atoms with Gasteiger partial charge >= 0.3 is 0 Å². The van der Waals surface area contributed by atoms with Gasteiger partial charge in [0.2, 0.25) is 0 Å². The Kier molecular flexibility index (Phi) is 6.09. The number of carbonyl (C=O) groups is 1. The molecule has 6 heteroatoms. The molecule has 1 aromatic heterocycles. The zero-order valence-electron chi connectivity index (χ0n) is 19.1. The second-order valence-electron chi connectivity index (χ2n) is 8.13. The minimum absolute atomic E-state index is 0.129. The van der Waals surface area contributed by atoms with Crippen LogP contribution in [-0.2, 0) is 0 Å². The lowest BCUT2D eigenvalue weighted by Crippen LogP contribution is -2.26. The van der Waals surface area contributed by atoms with Gasteiger partial charge in [0.05, 0.1) is 5.52 Å². The first-order valence-electron chi connectivity index (χ1n) is 11.2. The average Bonchev–Trinajstić information content (AvgIpc) is 2.89. The van der Waals surface area contributed by atoms with E-state index < -0.39 is 0 Å². The SMILES string of the molecule is CN(C(=O)c1cccc(Nc2ccccc2)c1)c1cccc(Nc2ccnc3ccc(F)cc23)c1. The zero-order chi connectivity index (χ0) is 24.2. The largest absolute Gasteiger partial charge is 0.356 e. The molecule has 0 radical (unpaired) electrons. The number of pyridine rings is 1. The lowest BCUT2D eigenvalue weighted by Gasteiger charge is -2.19. The molecule has 4 aromatic carbocycles. The van der Waals surface area contributed by atoms with Crippen LogP contribution in [0, 0.1) is 5.82 Å². The van der Waals surface area contributed by atoms with E-state index in [4.69, 9.17) is 0 Å². The topological polar surface area (TPSA) is 57.3 Å². The minimum Gasteiger partial charge on any atom is -0.356 e. The monoisotopic (exact) mass is 462 g/mol. The number of hydrogen-bond donors (Lipinski definition) is 2. The summed E-state index contributed by atoms with van der Waals surface area (Å²) in [5, 5.41) is 7.34. The normalized spacial score (nSPS) is 10.7. The van der Waals surface area contributed by atoms with Crippen molar-refractivity contribution in [2.24, 2.45) is 0 Å². The second kappa shape index (κ2) is 9.65. The number of amides is 1. The summed E-state index contributed by atoms with van der Waals surface area (Å²) in [7, 11) is 1.75. The number of para-hydroxylation sites is 1. The Morgan fingerprint density at radius 3 is 2.34 bits per heavy atom. The molecule has 0 aliphatic carbocycles. The number of fused-ring (bicyclic) bond motifs is 1. The van der Waals surface area contributed by atoms with Gasteiger partial charge in [-0.15, -0.1) is 0 Å². The van der Waals surface area contributed by atoms with Crippen LogP contribution in [0.3, 0.4) is 0 Å². The maximum Gasteiger partial charge on any atom is 0.258 e. The molecule has 0 bridgehead atoms. The highest BCUT2D eigenvalue weighted by molar-refractivity contribution is 6.06. The van der Waals surface area contributed by atoms with Crippen LogP contribution >= 0.6 is 0 Å².